The van der Waals surface area contributed by atoms with Crippen LogP contribution in [0.2, 0.25) is 0 Å². The minimum atomic E-state index is -2.43. The Labute approximate surface area is 365 Å². The Bertz CT molecular complexity index is 3090. The van der Waals surface area contributed by atoms with Crippen LogP contribution in [-0.4, -0.2) is 34.8 Å². The van der Waals surface area contributed by atoms with E-state index in [-0.39, 0.29) is 56.6 Å². The van der Waals surface area contributed by atoms with Crippen LogP contribution in [0, 0.1) is 58.2 Å². The van der Waals surface area contributed by atoms with Crippen LogP contribution < -0.4 is 9.47 Å². The number of carbonyl (C=O) groups is 2. The van der Waals surface area contributed by atoms with Gasteiger partial charge in [0.05, 0.1) is 56.8 Å². The number of esters is 2. The average molecular weight is 909 g/mol. The van der Waals surface area contributed by atoms with Crippen molar-refractivity contribution in [2.75, 3.05) is 0 Å². The molecule has 0 atom stereocenters. The first-order chi connectivity index (χ1) is 31.5. The van der Waals surface area contributed by atoms with Crippen LogP contribution in [-0.2, 0) is 9.59 Å². The van der Waals surface area contributed by atoms with Crippen LogP contribution in [0.3, 0.4) is 0 Å². The summed E-state index contributed by atoms with van der Waals surface area (Å²) in [6.07, 6.45) is 9.84. The average Bonchev–Trinajstić information content (AvgIpc) is 4.14. The second-order valence-corrected chi connectivity index (χ2v) is 14.5. The van der Waals surface area contributed by atoms with Crippen molar-refractivity contribution in [3.63, 3.8) is 0 Å². The van der Waals surface area contributed by atoms with Crippen LogP contribution in [0.1, 0.15) is 36.1 Å². The molecule has 0 saturated carbocycles. The summed E-state index contributed by atoms with van der Waals surface area (Å²) in [5.41, 5.74) is -5.88. The number of halogens is 10. The van der Waals surface area contributed by atoms with Gasteiger partial charge in [0.25, 0.3) is 0 Å². The summed E-state index contributed by atoms with van der Waals surface area (Å²) in [6, 6.07) is 11.4. The zero-order valence-corrected chi connectivity index (χ0v) is 33.4. The molecule has 8 nitrogen and oxygen atoms in total. The summed E-state index contributed by atoms with van der Waals surface area (Å²) in [6.45, 7) is 2.26. The van der Waals surface area contributed by atoms with Gasteiger partial charge in [-0.25, -0.2) is 63.9 Å². The molecule has 0 saturated heterocycles. The highest BCUT2D eigenvalue weighted by Gasteiger charge is 2.36. The van der Waals surface area contributed by atoms with Crippen LogP contribution in [0.5, 0.6) is 11.5 Å². The highest BCUT2D eigenvalue weighted by molar-refractivity contribution is 6.39. The summed E-state index contributed by atoms with van der Waals surface area (Å²) < 4.78 is 163. The van der Waals surface area contributed by atoms with E-state index in [1.54, 1.807) is 0 Å². The number of ether oxygens (including phenoxy) is 2. The smallest absolute Gasteiger partial charge is 0.308 e. The van der Waals surface area contributed by atoms with E-state index < -0.39 is 115 Å². The summed E-state index contributed by atoms with van der Waals surface area (Å²) in [5.74, 6) is -24.3. The van der Waals surface area contributed by atoms with Gasteiger partial charge in [0, 0.05) is 36.1 Å². The first-order valence-corrected chi connectivity index (χ1v) is 19.2. The minimum Gasteiger partial charge on any atom is -0.427 e. The van der Waals surface area contributed by atoms with Gasteiger partial charge in [-0.15, -0.1) is 0 Å². The molecular formula is C48H22F10N4O4. The van der Waals surface area contributed by atoms with E-state index in [2.05, 4.69) is 20.0 Å². The Morgan fingerprint density at radius 1 is 0.379 bits per heavy atom. The van der Waals surface area contributed by atoms with Gasteiger partial charge in [0.15, 0.2) is 46.5 Å². The number of carbonyl (C=O) groups excluding carboxylic acids is 2. The van der Waals surface area contributed by atoms with Crippen molar-refractivity contribution in [3.8, 4) is 11.5 Å². The predicted molar refractivity (Wildman–Crippen MR) is 222 cm³/mol. The number of nitrogens with zero attached hydrogens (tertiary/aromatic N) is 4. The van der Waals surface area contributed by atoms with Gasteiger partial charge in [0.2, 0.25) is 11.6 Å². The van der Waals surface area contributed by atoms with Gasteiger partial charge in [-0.2, -0.15) is 0 Å². The molecule has 5 aliphatic heterocycles. The quantitative estimate of drug-likeness (QED) is 0.0632. The number of allylic oxidation sites excluding steroid dienone is 12. The fourth-order valence-corrected chi connectivity index (χ4v) is 7.60. The predicted octanol–water partition coefficient (Wildman–Crippen LogP) is 10.9. The highest BCUT2D eigenvalue weighted by Crippen LogP contribution is 2.42. The van der Waals surface area contributed by atoms with Gasteiger partial charge in [-0.05, 0) is 84.0 Å². The summed E-state index contributed by atoms with van der Waals surface area (Å²) in [5, 5.41) is 0. The number of aliphatic imine (C=N–C) groups is 4. The molecule has 328 valence electrons. The Morgan fingerprint density at radius 2 is 0.652 bits per heavy atom. The molecule has 0 fully saturated rings. The van der Waals surface area contributed by atoms with Crippen LogP contribution in [0.4, 0.5) is 43.9 Å². The zero-order valence-electron chi connectivity index (χ0n) is 33.4. The SMILES string of the molecule is CC(=O)Oc1cccc(C2=C3C=CC(=N3)C(c3c(F)c(F)c(F)c(F)c3F)=C3C=CC(=N3)C(c3cccc(OC(C)=O)c3)=C3C=CC(=N3)C(c3c(F)c(F)c(F)c(F)c3F)=C3C=CC2=N3)c1. The third-order valence-corrected chi connectivity index (χ3v) is 10.3. The first-order valence-electron chi connectivity index (χ1n) is 19.2. The number of benzene rings is 4. The van der Waals surface area contributed by atoms with E-state index in [0.29, 0.717) is 0 Å². The van der Waals surface area contributed by atoms with E-state index in [9.17, 15) is 18.4 Å². The molecular weight excluding hydrogens is 887 g/mol. The summed E-state index contributed by atoms with van der Waals surface area (Å²) >= 11 is 0. The van der Waals surface area contributed by atoms with Crippen molar-refractivity contribution in [2.45, 2.75) is 13.8 Å². The van der Waals surface area contributed by atoms with Gasteiger partial charge in [0.1, 0.15) is 11.5 Å². The zero-order chi connectivity index (χ0) is 46.9. The van der Waals surface area contributed by atoms with Crippen LogP contribution >= 0.6 is 0 Å². The molecule has 0 amide bonds. The molecule has 4 aromatic carbocycles. The summed E-state index contributed by atoms with van der Waals surface area (Å²) in [7, 11) is 0. The molecule has 0 aliphatic carbocycles. The Balaban J connectivity index is 1.42. The molecule has 66 heavy (non-hydrogen) atoms. The summed E-state index contributed by atoms with van der Waals surface area (Å²) in [4.78, 5) is 42.2. The molecule has 5 heterocycles. The Hall–Kier alpha value is -8.28. The fraction of sp³-hybridized carbons (Fsp3) is 0.0417. The molecule has 4 aromatic rings. The van der Waals surface area contributed by atoms with Crippen LogP contribution in [0.15, 0.2) is 140 Å². The standard InChI is InChI=1S/C48H22F10N4O4/c1-19(63)65-23-7-3-5-21(17-23)33-25-9-13-29(59-25)35(37-39(49)43(53)47(57)44(54)40(37)50)31-15-11-27(61-31)34(22-6-4-8-24(18-22)66-20(2)64)28-12-16-32(62-28)36(30-14-10-26(33)60-30)38-41(51)45(55)48(58)46(56)42(38)52/h3-18H,1-2H3. The number of hydrogen-bond acceptors (Lipinski definition) is 8. The van der Waals surface area contributed by atoms with Gasteiger partial charge < -0.3 is 9.47 Å². The topological polar surface area (TPSA) is 102 Å². The minimum absolute atomic E-state index is 0.00212. The van der Waals surface area contributed by atoms with E-state index >= 15 is 35.1 Å². The second-order valence-electron chi connectivity index (χ2n) is 14.5. The third-order valence-electron chi connectivity index (χ3n) is 10.3. The van der Waals surface area contributed by atoms with Gasteiger partial charge in [-0.1, -0.05) is 24.3 Å². The Morgan fingerprint density at radius 3 is 0.955 bits per heavy atom. The van der Waals surface area contributed by atoms with Crippen molar-refractivity contribution in [3.05, 3.63) is 200 Å². The van der Waals surface area contributed by atoms with E-state index in [4.69, 9.17) is 9.47 Å². The maximum Gasteiger partial charge on any atom is 0.308 e. The third kappa shape index (κ3) is 7.25. The normalized spacial score (nSPS) is 16.2. The lowest BCUT2D eigenvalue weighted by molar-refractivity contribution is -0.132. The molecule has 0 spiro atoms. The number of fused-ring (bicyclic) bond motifs is 4. The van der Waals surface area contributed by atoms with Gasteiger partial charge in [-0.3, -0.25) is 9.59 Å². The van der Waals surface area contributed by atoms with E-state index in [1.807, 2.05) is 0 Å². The van der Waals surface area contributed by atoms with Crippen molar-refractivity contribution in [2.24, 2.45) is 20.0 Å². The lowest BCUT2D eigenvalue weighted by atomic mass is 9.97. The lowest BCUT2D eigenvalue weighted by Crippen LogP contribution is -2.12. The van der Waals surface area contributed by atoms with Gasteiger partial charge >= 0.3 is 11.9 Å². The number of hydrogen-bond donors (Lipinski definition) is 0. The highest BCUT2D eigenvalue weighted by atomic mass is 19.2. The molecule has 0 aromatic heterocycles. The molecule has 5 aliphatic rings. The molecule has 9 rings (SSSR count). The molecule has 0 unspecified atom stereocenters. The van der Waals surface area contributed by atoms with Crippen molar-refractivity contribution in [1.29, 1.82) is 0 Å². The maximum absolute atomic E-state index is 16.0. The lowest BCUT2D eigenvalue weighted by Gasteiger charge is -2.15. The maximum atomic E-state index is 16.0. The largest absolute Gasteiger partial charge is 0.427 e. The Kier molecular flexibility index (Phi) is 10.7. The first kappa shape index (κ1) is 43.0. The number of rotatable bonds is 6. The molecule has 8 bridgehead atoms. The van der Waals surface area contributed by atoms with Crippen LogP contribution in [0.25, 0.3) is 22.3 Å². The molecule has 0 radical (unpaired) electrons. The molecule has 0 N–H and O–H groups in total. The van der Waals surface area contributed by atoms with E-state index in [1.165, 1.54) is 97.1 Å². The van der Waals surface area contributed by atoms with Crippen molar-refractivity contribution in [1.82, 2.24) is 0 Å². The van der Waals surface area contributed by atoms with E-state index in [0.717, 1.165) is 13.8 Å². The monoisotopic (exact) mass is 908 g/mol. The second kappa shape index (κ2) is 16.4. The van der Waals surface area contributed by atoms with Crippen molar-refractivity contribution >= 4 is 57.1 Å². The fourth-order valence-electron chi connectivity index (χ4n) is 7.60. The van der Waals surface area contributed by atoms with Crippen molar-refractivity contribution < 1.29 is 63.0 Å². The molecule has 18 heteroatoms.